The summed E-state index contributed by atoms with van der Waals surface area (Å²) in [6.45, 7) is 0. The minimum absolute atomic E-state index is 0.307. The Morgan fingerprint density at radius 3 is 2.91 bits per heavy atom. The summed E-state index contributed by atoms with van der Waals surface area (Å²) in [6.07, 6.45) is 0. The Labute approximate surface area is 76.3 Å². The summed E-state index contributed by atoms with van der Waals surface area (Å²) < 4.78 is 7.90. The molecule has 2 aromatic heterocycles. The van der Waals surface area contributed by atoms with Gasteiger partial charge in [-0.1, -0.05) is 23.2 Å². The predicted octanol–water partition coefficient (Wildman–Crippen LogP) is 2.39. The summed E-state index contributed by atoms with van der Waals surface area (Å²) in [6, 6.07) is 1.63. The number of hydrogen-bond donors (Lipinski definition) is 0. The SMILES string of the molecule is Clc1cc2nsnc2c(Cl)n1. The van der Waals surface area contributed by atoms with Crippen molar-refractivity contribution in [2.24, 2.45) is 0 Å². The van der Waals surface area contributed by atoms with Crippen LogP contribution in [0.4, 0.5) is 0 Å². The van der Waals surface area contributed by atoms with Crippen molar-refractivity contribution in [2.45, 2.75) is 0 Å². The molecule has 0 aliphatic carbocycles. The molecule has 6 heteroatoms. The molecular weight excluding hydrogens is 205 g/mol. The Bertz CT molecular complexity index is 400. The molecule has 0 saturated carbocycles. The second kappa shape index (κ2) is 2.55. The van der Waals surface area contributed by atoms with Crippen LogP contribution >= 0.6 is 34.9 Å². The number of fused-ring (bicyclic) bond motifs is 1. The van der Waals surface area contributed by atoms with Crippen molar-refractivity contribution in [1.29, 1.82) is 0 Å². The van der Waals surface area contributed by atoms with E-state index in [9.17, 15) is 0 Å². The average Bonchev–Trinajstić information content (AvgIpc) is 2.34. The summed E-state index contributed by atoms with van der Waals surface area (Å²) in [5.74, 6) is 0. The molecule has 0 atom stereocenters. The molecule has 0 radical (unpaired) electrons. The molecule has 11 heavy (non-hydrogen) atoms. The molecule has 56 valence electrons. The Morgan fingerprint density at radius 2 is 2.09 bits per heavy atom. The number of pyridine rings is 1. The molecule has 0 bridgehead atoms. The van der Waals surface area contributed by atoms with Crippen LogP contribution in [0.15, 0.2) is 6.07 Å². The molecule has 3 nitrogen and oxygen atoms in total. The van der Waals surface area contributed by atoms with E-state index < -0.39 is 0 Å². The van der Waals surface area contributed by atoms with Crippen LogP contribution in [0.5, 0.6) is 0 Å². The van der Waals surface area contributed by atoms with E-state index in [1.807, 2.05) is 0 Å². The van der Waals surface area contributed by atoms with Crippen molar-refractivity contribution in [3.05, 3.63) is 16.4 Å². The predicted molar refractivity (Wildman–Crippen MR) is 45.2 cm³/mol. The fourth-order valence-corrected chi connectivity index (χ4v) is 1.77. The molecule has 0 saturated heterocycles. The van der Waals surface area contributed by atoms with Crippen LogP contribution in [0.2, 0.25) is 10.3 Å². The first-order valence-electron chi connectivity index (χ1n) is 2.71. The van der Waals surface area contributed by atoms with Crippen molar-refractivity contribution in [3.8, 4) is 0 Å². The quantitative estimate of drug-likeness (QED) is 0.621. The van der Waals surface area contributed by atoms with E-state index in [-0.39, 0.29) is 0 Å². The monoisotopic (exact) mass is 205 g/mol. The van der Waals surface area contributed by atoms with Crippen molar-refractivity contribution in [1.82, 2.24) is 13.7 Å². The fourth-order valence-electron chi connectivity index (χ4n) is 0.725. The van der Waals surface area contributed by atoms with E-state index >= 15 is 0 Å². The van der Waals surface area contributed by atoms with E-state index in [1.165, 1.54) is 0 Å². The van der Waals surface area contributed by atoms with Crippen molar-refractivity contribution in [2.75, 3.05) is 0 Å². The average molecular weight is 206 g/mol. The third-order valence-corrected chi connectivity index (χ3v) is 2.17. The summed E-state index contributed by atoms with van der Waals surface area (Å²) in [4.78, 5) is 3.81. The normalized spacial score (nSPS) is 10.7. The Balaban J connectivity index is 2.91. The number of halogens is 2. The van der Waals surface area contributed by atoms with Gasteiger partial charge >= 0.3 is 0 Å². The highest BCUT2D eigenvalue weighted by Gasteiger charge is 2.05. The highest BCUT2D eigenvalue weighted by atomic mass is 35.5. The maximum absolute atomic E-state index is 5.71. The Morgan fingerprint density at radius 1 is 1.27 bits per heavy atom. The maximum Gasteiger partial charge on any atom is 0.159 e. The van der Waals surface area contributed by atoms with Gasteiger partial charge in [0.2, 0.25) is 0 Å². The van der Waals surface area contributed by atoms with Crippen LogP contribution in [-0.2, 0) is 0 Å². The topological polar surface area (TPSA) is 38.7 Å². The summed E-state index contributed by atoms with van der Waals surface area (Å²) in [5, 5.41) is 0.649. The first kappa shape index (κ1) is 7.21. The van der Waals surface area contributed by atoms with Crippen molar-refractivity contribution in [3.63, 3.8) is 0 Å². The van der Waals surface area contributed by atoms with E-state index in [0.29, 0.717) is 21.3 Å². The van der Waals surface area contributed by atoms with Gasteiger partial charge in [0.25, 0.3) is 0 Å². The molecule has 2 heterocycles. The number of nitrogens with zero attached hydrogens (tertiary/aromatic N) is 3. The molecule has 0 fully saturated rings. The zero-order valence-electron chi connectivity index (χ0n) is 5.08. The second-order valence-corrected chi connectivity index (χ2v) is 3.14. The van der Waals surface area contributed by atoms with Gasteiger partial charge in [0.1, 0.15) is 16.2 Å². The molecule has 0 N–H and O–H groups in total. The molecule has 0 aliphatic rings. The van der Waals surface area contributed by atoms with Gasteiger partial charge in [-0.3, -0.25) is 0 Å². The smallest absolute Gasteiger partial charge is 0.159 e. The van der Waals surface area contributed by atoms with Crippen molar-refractivity contribution < 1.29 is 0 Å². The Hall–Kier alpha value is -0.450. The molecule has 0 aliphatic heterocycles. The van der Waals surface area contributed by atoms with Crippen LogP contribution in [0, 0.1) is 0 Å². The van der Waals surface area contributed by atoms with Gasteiger partial charge in [0.05, 0.1) is 11.7 Å². The van der Waals surface area contributed by atoms with E-state index in [1.54, 1.807) is 6.07 Å². The van der Waals surface area contributed by atoms with E-state index in [4.69, 9.17) is 23.2 Å². The van der Waals surface area contributed by atoms with Gasteiger partial charge in [0, 0.05) is 6.07 Å². The lowest BCUT2D eigenvalue weighted by Gasteiger charge is -1.90. The lowest BCUT2D eigenvalue weighted by Crippen LogP contribution is -1.78. The number of rotatable bonds is 0. The molecule has 2 rings (SSSR count). The summed E-state index contributed by atoms with van der Waals surface area (Å²) in [5.41, 5.74) is 1.31. The summed E-state index contributed by atoms with van der Waals surface area (Å²) >= 11 is 12.4. The third kappa shape index (κ3) is 1.17. The minimum Gasteiger partial charge on any atom is -0.222 e. The largest absolute Gasteiger partial charge is 0.222 e. The first-order chi connectivity index (χ1) is 5.27. The zero-order valence-corrected chi connectivity index (χ0v) is 7.41. The van der Waals surface area contributed by atoms with Crippen LogP contribution in [-0.4, -0.2) is 13.7 Å². The van der Waals surface area contributed by atoms with Crippen LogP contribution < -0.4 is 0 Å². The molecule has 0 unspecified atom stereocenters. The van der Waals surface area contributed by atoms with Crippen LogP contribution in [0.1, 0.15) is 0 Å². The number of aromatic nitrogens is 3. The van der Waals surface area contributed by atoms with Gasteiger partial charge in [-0.05, 0) is 0 Å². The standard InChI is InChI=1S/C5HCl2N3S/c6-3-1-2-4(5(7)8-3)10-11-9-2/h1H. The van der Waals surface area contributed by atoms with E-state index in [2.05, 4.69) is 13.7 Å². The van der Waals surface area contributed by atoms with Crippen LogP contribution in [0.3, 0.4) is 0 Å². The minimum atomic E-state index is 0.307. The van der Waals surface area contributed by atoms with Gasteiger partial charge in [0.15, 0.2) is 5.15 Å². The number of hydrogen-bond acceptors (Lipinski definition) is 4. The van der Waals surface area contributed by atoms with Crippen molar-refractivity contribution >= 4 is 46.0 Å². The highest BCUT2D eigenvalue weighted by Crippen LogP contribution is 2.22. The molecule has 2 aromatic rings. The highest BCUT2D eigenvalue weighted by molar-refractivity contribution is 7.00. The lowest BCUT2D eigenvalue weighted by atomic mass is 10.4. The van der Waals surface area contributed by atoms with Crippen LogP contribution in [0.25, 0.3) is 11.0 Å². The molecule has 0 spiro atoms. The lowest BCUT2D eigenvalue weighted by molar-refractivity contribution is 1.35. The molecule has 0 aromatic carbocycles. The Kier molecular flexibility index (Phi) is 1.67. The first-order valence-corrected chi connectivity index (χ1v) is 4.20. The maximum atomic E-state index is 5.71. The molecule has 0 amide bonds. The molecular formula is C5HCl2N3S. The third-order valence-electron chi connectivity index (χ3n) is 1.17. The zero-order chi connectivity index (χ0) is 7.84. The van der Waals surface area contributed by atoms with E-state index in [0.717, 1.165) is 11.7 Å². The van der Waals surface area contributed by atoms with Gasteiger partial charge in [-0.25, -0.2) is 4.98 Å². The van der Waals surface area contributed by atoms with Gasteiger partial charge in [-0.15, -0.1) is 0 Å². The fraction of sp³-hybridized carbons (Fsp3) is 0. The van der Waals surface area contributed by atoms with Gasteiger partial charge in [-0.2, -0.15) is 8.75 Å². The summed E-state index contributed by atoms with van der Waals surface area (Å²) in [7, 11) is 0. The second-order valence-electron chi connectivity index (χ2n) is 1.87. The van der Waals surface area contributed by atoms with Gasteiger partial charge < -0.3 is 0 Å².